The van der Waals surface area contributed by atoms with Crippen molar-refractivity contribution in [3.05, 3.63) is 64.1 Å². The van der Waals surface area contributed by atoms with Gasteiger partial charge in [0, 0.05) is 29.8 Å². The van der Waals surface area contributed by atoms with Gasteiger partial charge in [0.1, 0.15) is 0 Å². The summed E-state index contributed by atoms with van der Waals surface area (Å²) in [6.07, 6.45) is 4.25. The highest BCUT2D eigenvalue weighted by Crippen LogP contribution is 2.30. The normalized spacial score (nSPS) is 20.7. The summed E-state index contributed by atoms with van der Waals surface area (Å²) < 4.78 is 1.12. The number of rotatable bonds is 3. The molecule has 2 aromatic carbocycles. The summed E-state index contributed by atoms with van der Waals surface area (Å²) in [7, 11) is 0. The Kier molecular flexibility index (Phi) is 5.41. The van der Waals surface area contributed by atoms with Crippen molar-refractivity contribution in [2.45, 2.75) is 32.2 Å². The van der Waals surface area contributed by atoms with Gasteiger partial charge >= 0.3 is 0 Å². The summed E-state index contributed by atoms with van der Waals surface area (Å²) in [5.41, 5.74) is 3.75. The third kappa shape index (κ3) is 3.86. The van der Waals surface area contributed by atoms with E-state index in [-0.39, 0.29) is 5.92 Å². The van der Waals surface area contributed by atoms with Crippen LogP contribution in [0.4, 0.5) is 5.69 Å². The Morgan fingerprint density at radius 1 is 1.08 bits per heavy atom. The quantitative estimate of drug-likeness (QED) is 0.732. The molecule has 0 saturated carbocycles. The second kappa shape index (κ2) is 7.93. The van der Waals surface area contributed by atoms with Crippen molar-refractivity contribution in [3.63, 3.8) is 0 Å². The van der Waals surface area contributed by atoms with E-state index in [1.54, 1.807) is 0 Å². The predicted molar refractivity (Wildman–Crippen MR) is 109 cm³/mol. The van der Waals surface area contributed by atoms with Crippen molar-refractivity contribution in [2.24, 2.45) is 5.92 Å². The van der Waals surface area contributed by atoms with E-state index in [2.05, 4.69) is 63.3 Å². The van der Waals surface area contributed by atoms with Crippen LogP contribution in [0.15, 0.2) is 53.0 Å². The van der Waals surface area contributed by atoms with Crippen LogP contribution >= 0.6 is 15.9 Å². The van der Waals surface area contributed by atoms with E-state index in [4.69, 9.17) is 0 Å². The zero-order valence-corrected chi connectivity index (χ0v) is 16.6. The number of aryl methyl sites for hydroxylation is 1. The summed E-state index contributed by atoms with van der Waals surface area (Å²) >= 11 is 3.55. The molecule has 1 unspecified atom stereocenters. The van der Waals surface area contributed by atoms with Crippen molar-refractivity contribution < 1.29 is 4.79 Å². The van der Waals surface area contributed by atoms with Crippen molar-refractivity contribution in [1.82, 2.24) is 4.90 Å². The van der Waals surface area contributed by atoms with Gasteiger partial charge in [-0.2, -0.15) is 0 Å². The van der Waals surface area contributed by atoms with Crippen LogP contribution in [0.3, 0.4) is 0 Å². The Morgan fingerprint density at radius 3 is 2.85 bits per heavy atom. The molecular formula is C22H25BrN2O. The predicted octanol–water partition coefficient (Wildman–Crippen LogP) is 4.64. The summed E-state index contributed by atoms with van der Waals surface area (Å²) in [4.78, 5) is 17.7. The Bertz CT molecular complexity index is 791. The van der Waals surface area contributed by atoms with Gasteiger partial charge in [-0.1, -0.05) is 46.3 Å². The second-order valence-corrected chi connectivity index (χ2v) is 8.34. The summed E-state index contributed by atoms with van der Waals surface area (Å²) in [6.45, 7) is 3.72. The molecule has 3 nitrogen and oxygen atoms in total. The highest BCUT2D eigenvalue weighted by molar-refractivity contribution is 9.10. The molecule has 4 heteroatoms. The second-order valence-electron chi connectivity index (χ2n) is 7.43. The minimum Gasteiger partial charge on any atom is -0.312 e. The fraction of sp³-hybridized carbons (Fsp3) is 0.409. The SMILES string of the molecule is O=C(C1CCCN(Cc2cccc(Br)c2)C1)N1CCCc2ccccc21. The van der Waals surface area contributed by atoms with E-state index in [1.165, 1.54) is 11.1 Å². The van der Waals surface area contributed by atoms with Crippen LogP contribution in [0, 0.1) is 5.92 Å². The maximum Gasteiger partial charge on any atom is 0.231 e. The summed E-state index contributed by atoms with van der Waals surface area (Å²) in [5.74, 6) is 0.429. The van der Waals surface area contributed by atoms with Crippen molar-refractivity contribution in [1.29, 1.82) is 0 Å². The standard InChI is InChI=1S/C22H25BrN2O/c23-20-10-3-6-17(14-20)15-24-12-4-9-19(16-24)22(26)25-13-5-8-18-7-1-2-11-21(18)25/h1-3,6-7,10-11,14,19H,4-5,8-9,12-13,15-16H2. The smallest absolute Gasteiger partial charge is 0.231 e. The highest BCUT2D eigenvalue weighted by Gasteiger charge is 2.31. The molecule has 0 aromatic heterocycles. The van der Waals surface area contributed by atoms with Crippen molar-refractivity contribution in [3.8, 4) is 0 Å². The molecule has 0 N–H and O–H groups in total. The number of benzene rings is 2. The molecule has 2 aromatic rings. The van der Waals surface area contributed by atoms with Crippen LogP contribution in [0.1, 0.15) is 30.4 Å². The highest BCUT2D eigenvalue weighted by atomic mass is 79.9. The molecule has 1 amide bonds. The minimum absolute atomic E-state index is 0.113. The largest absolute Gasteiger partial charge is 0.312 e. The number of nitrogens with zero attached hydrogens (tertiary/aromatic N) is 2. The molecule has 136 valence electrons. The summed E-state index contributed by atoms with van der Waals surface area (Å²) in [6, 6.07) is 16.9. The third-order valence-corrected chi connectivity index (χ3v) is 6.02. The van der Waals surface area contributed by atoms with Gasteiger partial charge in [0.2, 0.25) is 5.91 Å². The molecule has 0 bridgehead atoms. The number of para-hydroxylation sites is 1. The number of hydrogen-bond acceptors (Lipinski definition) is 2. The van der Waals surface area contributed by atoms with E-state index in [1.807, 2.05) is 11.0 Å². The number of carbonyl (C=O) groups excluding carboxylic acids is 1. The lowest BCUT2D eigenvalue weighted by atomic mass is 9.93. The minimum atomic E-state index is 0.113. The van der Waals surface area contributed by atoms with E-state index in [0.717, 1.165) is 62.0 Å². The number of carbonyl (C=O) groups is 1. The number of fused-ring (bicyclic) bond motifs is 1. The van der Waals surface area contributed by atoms with Gasteiger partial charge < -0.3 is 4.90 Å². The molecule has 2 heterocycles. The Morgan fingerprint density at radius 2 is 1.96 bits per heavy atom. The molecule has 2 aliphatic heterocycles. The number of piperidine rings is 1. The van der Waals surface area contributed by atoms with Gasteiger partial charge in [0.05, 0.1) is 5.92 Å². The van der Waals surface area contributed by atoms with Gasteiger partial charge in [0.15, 0.2) is 0 Å². The molecule has 0 aliphatic carbocycles. The van der Waals surface area contributed by atoms with Gasteiger partial charge in [-0.15, -0.1) is 0 Å². The van der Waals surface area contributed by atoms with E-state index < -0.39 is 0 Å². The van der Waals surface area contributed by atoms with Gasteiger partial charge in [-0.3, -0.25) is 9.69 Å². The lowest BCUT2D eigenvalue weighted by Gasteiger charge is -2.37. The maximum absolute atomic E-state index is 13.3. The Balaban J connectivity index is 1.45. The molecular weight excluding hydrogens is 388 g/mol. The Labute approximate surface area is 164 Å². The first-order valence-electron chi connectivity index (χ1n) is 9.57. The average molecular weight is 413 g/mol. The van der Waals surface area contributed by atoms with E-state index >= 15 is 0 Å². The van der Waals surface area contributed by atoms with Crippen LogP contribution in [0.2, 0.25) is 0 Å². The lowest BCUT2D eigenvalue weighted by Crippen LogP contribution is -2.46. The van der Waals surface area contributed by atoms with Crippen LogP contribution in [0.5, 0.6) is 0 Å². The monoisotopic (exact) mass is 412 g/mol. The fourth-order valence-electron chi connectivity index (χ4n) is 4.28. The third-order valence-electron chi connectivity index (χ3n) is 5.53. The van der Waals surface area contributed by atoms with Gasteiger partial charge in [-0.05, 0) is 61.6 Å². The van der Waals surface area contributed by atoms with Gasteiger partial charge in [-0.25, -0.2) is 0 Å². The van der Waals surface area contributed by atoms with E-state index in [9.17, 15) is 4.79 Å². The van der Waals surface area contributed by atoms with E-state index in [0.29, 0.717) is 5.91 Å². The molecule has 1 atom stereocenters. The molecule has 0 radical (unpaired) electrons. The zero-order chi connectivity index (χ0) is 17.9. The molecule has 1 fully saturated rings. The first-order valence-corrected chi connectivity index (χ1v) is 10.4. The van der Waals surface area contributed by atoms with Crippen molar-refractivity contribution >= 4 is 27.5 Å². The number of likely N-dealkylation sites (tertiary alicyclic amines) is 1. The number of amides is 1. The molecule has 2 aliphatic rings. The van der Waals surface area contributed by atoms with Crippen LogP contribution in [0.25, 0.3) is 0 Å². The Hall–Kier alpha value is -1.65. The topological polar surface area (TPSA) is 23.6 Å². The number of halogens is 1. The fourth-order valence-corrected chi connectivity index (χ4v) is 4.72. The molecule has 0 spiro atoms. The molecule has 26 heavy (non-hydrogen) atoms. The van der Waals surface area contributed by atoms with Crippen LogP contribution < -0.4 is 4.90 Å². The zero-order valence-electron chi connectivity index (χ0n) is 15.0. The lowest BCUT2D eigenvalue weighted by molar-refractivity contribution is -0.124. The van der Waals surface area contributed by atoms with Crippen LogP contribution in [-0.4, -0.2) is 30.4 Å². The number of hydrogen-bond donors (Lipinski definition) is 0. The van der Waals surface area contributed by atoms with Gasteiger partial charge in [0.25, 0.3) is 0 Å². The number of anilines is 1. The molecule has 1 saturated heterocycles. The maximum atomic E-state index is 13.3. The average Bonchev–Trinajstić information content (AvgIpc) is 2.67. The first kappa shape index (κ1) is 17.7. The van der Waals surface area contributed by atoms with Crippen LogP contribution in [-0.2, 0) is 17.8 Å². The summed E-state index contributed by atoms with van der Waals surface area (Å²) in [5, 5.41) is 0. The van der Waals surface area contributed by atoms with Crippen molar-refractivity contribution in [2.75, 3.05) is 24.5 Å². The molecule has 4 rings (SSSR count). The first-order chi connectivity index (χ1) is 12.7.